The summed E-state index contributed by atoms with van der Waals surface area (Å²) in [6.07, 6.45) is 0. The fourth-order valence-electron chi connectivity index (χ4n) is 2.10. The van der Waals surface area contributed by atoms with Crippen LogP contribution < -0.4 is 11.5 Å². The molecular weight excluding hydrogens is 343 g/mol. The van der Waals surface area contributed by atoms with Gasteiger partial charge in [-0.2, -0.15) is 0 Å². The lowest BCUT2D eigenvalue weighted by atomic mass is 9.93. The van der Waals surface area contributed by atoms with E-state index in [4.69, 9.17) is 34.7 Å². The first-order chi connectivity index (χ1) is 10.2. The minimum atomic E-state index is -1.53. The van der Waals surface area contributed by atoms with Crippen molar-refractivity contribution in [2.24, 2.45) is 11.5 Å². The highest BCUT2D eigenvalue weighted by Gasteiger charge is 2.28. The Morgan fingerprint density at radius 1 is 0.636 bits per heavy atom. The second kappa shape index (κ2) is 6.42. The molecule has 2 atom stereocenters. The van der Waals surface area contributed by atoms with Crippen molar-refractivity contribution in [3.8, 4) is 0 Å². The number of benzene rings is 2. The summed E-state index contributed by atoms with van der Waals surface area (Å²) >= 11 is 11.0. The van der Waals surface area contributed by atoms with E-state index in [2.05, 4.69) is 0 Å². The summed E-state index contributed by atoms with van der Waals surface area (Å²) in [5.41, 5.74) is 10.2. The van der Waals surface area contributed by atoms with Crippen molar-refractivity contribution in [2.45, 2.75) is 12.1 Å². The van der Waals surface area contributed by atoms with Gasteiger partial charge in [-0.05, 0) is 24.3 Å². The SMILES string of the molecule is NC(c1c(F)cc(Cl)cc1F)C(N)c1c(F)cc(Cl)cc1F. The molecule has 0 bridgehead atoms. The predicted octanol–water partition coefficient (Wildman–Crippen LogP) is 4.25. The van der Waals surface area contributed by atoms with Crippen LogP contribution in [0.4, 0.5) is 17.6 Å². The fourth-order valence-corrected chi connectivity index (χ4v) is 2.49. The average molecular weight is 353 g/mol. The molecule has 2 aromatic rings. The second-order valence-corrected chi connectivity index (χ2v) is 5.49. The summed E-state index contributed by atoms with van der Waals surface area (Å²) in [5.74, 6) is -4.21. The molecule has 2 unspecified atom stereocenters. The third-order valence-electron chi connectivity index (χ3n) is 3.14. The van der Waals surface area contributed by atoms with E-state index in [-0.39, 0.29) is 10.0 Å². The lowest BCUT2D eigenvalue weighted by Crippen LogP contribution is -2.29. The van der Waals surface area contributed by atoms with E-state index in [0.717, 1.165) is 24.3 Å². The molecule has 0 heterocycles. The van der Waals surface area contributed by atoms with Crippen LogP contribution in [0.2, 0.25) is 10.0 Å². The minimum Gasteiger partial charge on any atom is -0.322 e. The molecule has 0 fully saturated rings. The highest BCUT2D eigenvalue weighted by molar-refractivity contribution is 6.30. The Hall–Kier alpha value is -1.34. The maximum absolute atomic E-state index is 13.8. The van der Waals surface area contributed by atoms with E-state index < -0.39 is 46.5 Å². The Labute approximate surface area is 133 Å². The molecule has 2 aromatic carbocycles. The van der Waals surface area contributed by atoms with Crippen LogP contribution in [-0.2, 0) is 0 Å². The first-order valence-corrected chi connectivity index (χ1v) is 6.78. The summed E-state index contributed by atoms with van der Waals surface area (Å²) in [6.45, 7) is 0. The normalized spacial score (nSPS) is 14.0. The van der Waals surface area contributed by atoms with Crippen LogP contribution in [0, 0.1) is 23.3 Å². The van der Waals surface area contributed by atoms with E-state index in [0.29, 0.717) is 0 Å². The third kappa shape index (κ3) is 3.20. The molecule has 0 spiro atoms. The van der Waals surface area contributed by atoms with Gasteiger partial charge in [0.05, 0.1) is 12.1 Å². The zero-order chi connectivity index (χ0) is 16.6. The summed E-state index contributed by atoms with van der Waals surface area (Å²) in [4.78, 5) is 0. The lowest BCUT2D eigenvalue weighted by molar-refractivity contribution is 0.453. The van der Waals surface area contributed by atoms with Crippen LogP contribution in [0.1, 0.15) is 23.2 Å². The van der Waals surface area contributed by atoms with Gasteiger partial charge >= 0.3 is 0 Å². The largest absolute Gasteiger partial charge is 0.322 e. The maximum atomic E-state index is 13.8. The van der Waals surface area contributed by atoms with Crippen molar-refractivity contribution in [2.75, 3.05) is 0 Å². The van der Waals surface area contributed by atoms with Crippen LogP contribution in [0.25, 0.3) is 0 Å². The quantitative estimate of drug-likeness (QED) is 0.811. The summed E-state index contributed by atoms with van der Waals surface area (Å²) in [6, 6.07) is 0.287. The van der Waals surface area contributed by atoms with Crippen molar-refractivity contribution >= 4 is 23.2 Å². The smallest absolute Gasteiger partial charge is 0.132 e. The molecule has 0 radical (unpaired) electrons. The average Bonchev–Trinajstić information content (AvgIpc) is 2.35. The molecule has 4 N–H and O–H groups in total. The van der Waals surface area contributed by atoms with E-state index in [1.807, 2.05) is 0 Å². The van der Waals surface area contributed by atoms with Gasteiger partial charge in [0.1, 0.15) is 23.3 Å². The number of hydrogen-bond acceptors (Lipinski definition) is 2. The van der Waals surface area contributed by atoms with Crippen molar-refractivity contribution < 1.29 is 17.6 Å². The van der Waals surface area contributed by atoms with Gasteiger partial charge in [-0.3, -0.25) is 0 Å². The molecule has 0 amide bonds. The van der Waals surface area contributed by atoms with Gasteiger partial charge in [0.2, 0.25) is 0 Å². The molecule has 0 saturated heterocycles. The summed E-state index contributed by atoms with van der Waals surface area (Å²) in [7, 11) is 0. The van der Waals surface area contributed by atoms with Crippen molar-refractivity contribution in [3.05, 3.63) is 68.7 Å². The van der Waals surface area contributed by atoms with Gasteiger partial charge in [-0.25, -0.2) is 17.6 Å². The van der Waals surface area contributed by atoms with Gasteiger partial charge in [0.25, 0.3) is 0 Å². The Balaban J connectivity index is 2.49. The highest BCUT2D eigenvalue weighted by atomic mass is 35.5. The lowest BCUT2D eigenvalue weighted by Gasteiger charge is -2.22. The molecule has 0 aliphatic rings. The zero-order valence-electron chi connectivity index (χ0n) is 10.9. The molecule has 0 saturated carbocycles. The topological polar surface area (TPSA) is 52.0 Å². The molecule has 8 heteroatoms. The van der Waals surface area contributed by atoms with Crippen molar-refractivity contribution in [1.82, 2.24) is 0 Å². The molecule has 2 rings (SSSR count). The van der Waals surface area contributed by atoms with Gasteiger partial charge in [0, 0.05) is 21.2 Å². The fraction of sp³-hybridized carbons (Fsp3) is 0.143. The molecule has 0 aliphatic carbocycles. The van der Waals surface area contributed by atoms with Crippen LogP contribution >= 0.6 is 23.2 Å². The Morgan fingerprint density at radius 2 is 0.864 bits per heavy atom. The van der Waals surface area contributed by atoms with Crippen molar-refractivity contribution in [1.29, 1.82) is 0 Å². The van der Waals surface area contributed by atoms with Crippen molar-refractivity contribution in [3.63, 3.8) is 0 Å². The molecule has 0 aromatic heterocycles. The van der Waals surface area contributed by atoms with Gasteiger partial charge < -0.3 is 11.5 Å². The highest BCUT2D eigenvalue weighted by Crippen LogP contribution is 2.33. The second-order valence-electron chi connectivity index (χ2n) is 4.62. The van der Waals surface area contributed by atoms with E-state index in [9.17, 15) is 17.6 Å². The van der Waals surface area contributed by atoms with E-state index in [1.54, 1.807) is 0 Å². The minimum absolute atomic E-state index is 0.177. The van der Waals surface area contributed by atoms with Crippen LogP contribution in [0.5, 0.6) is 0 Å². The number of nitrogens with two attached hydrogens (primary N) is 2. The van der Waals surface area contributed by atoms with Gasteiger partial charge in [-0.15, -0.1) is 0 Å². The first kappa shape index (κ1) is 17.0. The molecule has 0 aliphatic heterocycles. The predicted molar refractivity (Wildman–Crippen MR) is 76.6 cm³/mol. The standard InChI is InChI=1S/C14H10Cl2F4N2/c15-5-1-7(17)11(8(18)2-5)13(21)14(22)12-9(19)3-6(16)4-10(12)20/h1-4,13-14H,21-22H2. The van der Waals surface area contributed by atoms with Crippen LogP contribution in [-0.4, -0.2) is 0 Å². The Morgan fingerprint density at radius 3 is 1.09 bits per heavy atom. The van der Waals surface area contributed by atoms with E-state index in [1.165, 1.54) is 0 Å². The first-order valence-electron chi connectivity index (χ1n) is 6.02. The summed E-state index contributed by atoms with van der Waals surface area (Å²) in [5, 5.41) is -0.355. The maximum Gasteiger partial charge on any atom is 0.132 e. The number of rotatable bonds is 3. The van der Waals surface area contributed by atoms with Gasteiger partial charge in [-0.1, -0.05) is 23.2 Å². The molecule has 118 valence electrons. The summed E-state index contributed by atoms with van der Waals surface area (Å²) < 4.78 is 55.3. The number of halogens is 6. The number of hydrogen-bond donors (Lipinski definition) is 2. The van der Waals surface area contributed by atoms with Crippen LogP contribution in [0.15, 0.2) is 24.3 Å². The Bertz CT molecular complexity index is 616. The molecule has 22 heavy (non-hydrogen) atoms. The Kier molecular flexibility index (Phi) is 4.97. The van der Waals surface area contributed by atoms with Crippen LogP contribution in [0.3, 0.4) is 0 Å². The monoisotopic (exact) mass is 352 g/mol. The zero-order valence-corrected chi connectivity index (χ0v) is 12.4. The molecule has 2 nitrogen and oxygen atoms in total. The van der Waals surface area contributed by atoms with E-state index >= 15 is 0 Å². The molecular formula is C14H10Cl2F4N2. The third-order valence-corrected chi connectivity index (χ3v) is 3.58. The van der Waals surface area contributed by atoms with Gasteiger partial charge in [0.15, 0.2) is 0 Å².